The first kappa shape index (κ1) is 15.8. The molecule has 2 aromatic rings. The lowest BCUT2D eigenvalue weighted by atomic mass is 10.1. The SMILES string of the molecule is C/N=N/c1c(SOOO)cc2cccc(NCCl)c2c1O. The Morgan fingerprint density at radius 2 is 2.24 bits per heavy atom. The number of benzene rings is 2. The quantitative estimate of drug-likeness (QED) is 0.183. The van der Waals surface area contributed by atoms with Gasteiger partial charge in [-0.1, -0.05) is 17.2 Å². The first-order valence-corrected chi connectivity index (χ1v) is 7.03. The highest BCUT2D eigenvalue weighted by Crippen LogP contribution is 2.45. The molecule has 0 unspecified atom stereocenters. The highest BCUT2D eigenvalue weighted by Gasteiger charge is 2.16. The third kappa shape index (κ3) is 3.36. The fraction of sp³-hybridized carbons (Fsp3) is 0.167. The van der Waals surface area contributed by atoms with Crippen LogP contribution in [0.25, 0.3) is 10.8 Å². The number of nitrogens with zero attached hydrogens (tertiary/aromatic N) is 2. The summed E-state index contributed by atoms with van der Waals surface area (Å²) in [5.41, 5.74) is 0.874. The summed E-state index contributed by atoms with van der Waals surface area (Å²) in [4.78, 5) is 0.433. The van der Waals surface area contributed by atoms with Crippen molar-refractivity contribution >= 4 is 45.8 Å². The Hall–Kier alpha value is -1.58. The Labute approximate surface area is 129 Å². The summed E-state index contributed by atoms with van der Waals surface area (Å²) < 4.78 is 4.41. The molecule has 0 aliphatic rings. The third-order valence-corrected chi connectivity index (χ3v) is 3.44. The molecule has 0 aliphatic heterocycles. The van der Waals surface area contributed by atoms with Gasteiger partial charge in [0.25, 0.3) is 0 Å². The molecule has 2 aromatic carbocycles. The van der Waals surface area contributed by atoms with E-state index in [2.05, 4.69) is 24.9 Å². The van der Waals surface area contributed by atoms with E-state index in [0.29, 0.717) is 28.0 Å². The van der Waals surface area contributed by atoms with Gasteiger partial charge in [0.2, 0.25) is 0 Å². The molecule has 2 rings (SSSR count). The third-order valence-electron chi connectivity index (χ3n) is 2.69. The van der Waals surface area contributed by atoms with Crippen molar-refractivity contribution in [2.45, 2.75) is 4.90 Å². The Morgan fingerprint density at radius 3 is 2.90 bits per heavy atom. The van der Waals surface area contributed by atoms with Crippen molar-refractivity contribution in [2.75, 3.05) is 18.4 Å². The van der Waals surface area contributed by atoms with Crippen LogP contribution in [0.1, 0.15) is 0 Å². The van der Waals surface area contributed by atoms with Gasteiger partial charge in [0.15, 0.2) is 5.75 Å². The lowest BCUT2D eigenvalue weighted by molar-refractivity contribution is -0.432. The molecule has 0 saturated heterocycles. The molecule has 0 aliphatic carbocycles. The number of hydrogen-bond acceptors (Lipinski definition) is 8. The zero-order valence-electron chi connectivity index (χ0n) is 10.9. The van der Waals surface area contributed by atoms with Crippen LogP contribution in [0, 0.1) is 0 Å². The predicted octanol–water partition coefficient (Wildman–Crippen LogP) is 4.30. The summed E-state index contributed by atoms with van der Waals surface area (Å²) in [5.74, 6) is -0.0737. The molecule has 0 amide bonds. The van der Waals surface area contributed by atoms with Crippen LogP contribution < -0.4 is 5.32 Å². The number of fused-ring (bicyclic) bond motifs is 1. The molecular weight excluding hydrogens is 318 g/mol. The van der Waals surface area contributed by atoms with Crippen LogP contribution in [-0.2, 0) is 9.37 Å². The number of azo groups is 1. The van der Waals surface area contributed by atoms with Gasteiger partial charge in [0, 0.05) is 18.1 Å². The van der Waals surface area contributed by atoms with Gasteiger partial charge in [-0.2, -0.15) is 10.2 Å². The molecule has 21 heavy (non-hydrogen) atoms. The van der Waals surface area contributed by atoms with Crippen molar-refractivity contribution in [3.8, 4) is 5.75 Å². The summed E-state index contributed by atoms with van der Waals surface area (Å²) >= 11 is 6.39. The van der Waals surface area contributed by atoms with E-state index in [0.717, 1.165) is 5.39 Å². The topological polar surface area (TPSA) is 95.7 Å². The standard InChI is InChI=1S/C12H12ClN3O4S/c1-14-16-11-9(21-20-19-18)5-7-3-2-4-8(15-6-13)10(7)12(11)17/h2-5,15,17-18H,6H2,1H3/b16-14+. The fourth-order valence-corrected chi connectivity index (χ4v) is 2.57. The van der Waals surface area contributed by atoms with E-state index in [1.54, 1.807) is 12.1 Å². The summed E-state index contributed by atoms with van der Waals surface area (Å²) in [6, 6.07) is 7.33. The van der Waals surface area contributed by atoms with Crippen LogP contribution in [0.3, 0.4) is 0 Å². The van der Waals surface area contributed by atoms with Gasteiger partial charge in [-0.3, -0.25) is 0 Å². The van der Waals surface area contributed by atoms with E-state index in [1.165, 1.54) is 7.05 Å². The van der Waals surface area contributed by atoms with Crippen LogP contribution in [0.15, 0.2) is 39.4 Å². The van der Waals surface area contributed by atoms with Gasteiger partial charge >= 0.3 is 0 Å². The summed E-state index contributed by atoms with van der Waals surface area (Å²) in [7, 11) is 1.48. The van der Waals surface area contributed by atoms with Crippen molar-refractivity contribution < 1.29 is 19.7 Å². The van der Waals surface area contributed by atoms with Crippen LogP contribution in [0.4, 0.5) is 11.4 Å². The Bertz CT molecular complexity index is 668. The molecule has 0 spiro atoms. The molecule has 0 aromatic heterocycles. The maximum atomic E-state index is 10.5. The molecule has 112 valence electrons. The minimum absolute atomic E-state index is 0.0737. The minimum Gasteiger partial charge on any atom is -0.505 e. The second-order valence-corrected chi connectivity index (χ2v) is 4.82. The molecular formula is C12H12ClN3O4S. The lowest BCUT2D eigenvalue weighted by Gasteiger charge is -2.12. The number of phenols is 1. The molecule has 0 atom stereocenters. The van der Waals surface area contributed by atoms with Crippen molar-refractivity contribution in [3.63, 3.8) is 0 Å². The van der Waals surface area contributed by atoms with Gasteiger partial charge in [0.05, 0.1) is 22.9 Å². The van der Waals surface area contributed by atoms with Crippen molar-refractivity contribution in [1.29, 1.82) is 0 Å². The highest BCUT2D eigenvalue weighted by atomic mass is 35.5. The van der Waals surface area contributed by atoms with Gasteiger partial charge < -0.3 is 10.4 Å². The summed E-state index contributed by atoms with van der Waals surface area (Å²) in [6.45, 7) is 0. The molecule has 0 radical (unpaired) electrons. The first-order chi connectivity index (χ1) is 10.2. The highest BCUT2D eigenvalue weighted by molar-refractivity contribution is 7.94. The lowest BCUT2D eigenvalue weighted by Crippen LogP contribution is -1.95. The average molecular weight is 330 g/mol. The first-order valence-electron chi connectivity index (χ1n) is 5.76. The van der Waals surface area contributed by atoms with Crippen molar-refractivity contribution in [1.82, 2.24) is 0 Å². The Balaban J connectivity index is 2.68. The van der Waals surface area contributed by atoms with Crippen molar-refractivity contribution in [3.05, 3.63) is 24.3 Å². The number of anilines is 1. The monoisotopic (exact) mass is 329 g/mol. The van der Waals surface area contributed by atoms with E-state index in [4.69, 9.17) is 16.9 Å². The van der Waals surface area contributed by atoms with Gasteiger partial charge in [0.1, 0.15) is 5.69 Å². The second-order valence-electron chi connectivity index (χ2n) is 3.81. The molecule has 3 N–H and O–H groups in total. The minimum atomic E-state index is -0.0737. The van der Waals surface area contributed by atoms with E-state index in [9.17, 15) is 5.11 Å². The van der Waals surface area contributed by atoms with Crippen LogP contribution in [0.2, 0.25) is 0 Å². The van der Waals surface area contributed by atoms with Crippen molar-refractivity contribution in [2.24, 2.45) is 10.2 Å². The maximum Gasteiger partial charge on any atom is 0.154 e. The van der Waals surface area contributed by atoms with E-state index in [1.807, 2.05) is 12.1 Å². The average Bonchev–Trinajstić information content (AvgIpc) is 2.48. The zero-order valence-corrected chi connectivity index (χ0v) is 12.5. The number of hydrogen-bond donors (Lipinski definition) is 3. The molecule has 0 saturated carbocycles. The van der Waals surface area contributed by atoms with E-state index >= 15 is 0 Å². The summed E-state index contributed by atoms with van der Waals surface area (Å²) in [6.07, 6.45) is 0. The van der Waals surface area contributed by atoms with Gasteiger partial charge in [-0.05, 0) is 17.5 Å². The number of rotatable bonds is 6. The van der Waals surface area contributed by atoms with E-state index in [-0.39, 0.29) is 17.4 Å². The largest absolute Gasteiger partial charge is 0.505 e. The van der Waals surface area contributed by atoms with Crippen LogP contribution in [-0.4, -0.2) is 23.4 Å². The second kappa shape index (κ2) is 7.43. The van der Waals surface area contributed by atoms with Gasteiger partial charge in [-0.15, -0.1) is 15.9 Å². The zero-order chi connectivity index (χ0) is 15.2. The van der Waals surface area contributed by atoms with Gasteiger partial charge in [-0.25, -0.2) is 5.26 Å². The number of phenolic OH excluding ortho intramolecular Hbond substituents is 1. The number of aromatic hydroxyl groups is 1. The number of halogens is 1. The van der Waals surface area contributed by atoms with E-state index < -0.39 is 0 Å². The Morgan fingerprint density at radius 1 is 1.43 bits per heavy atom. The normalized spacial score (nSPS) is 11.4. The van der Waals surface area contributed by atoms with Crippen LogP contribution >= 0.6 is 23.6 Å². The maximum absolute atomic E-state index is 10.5. The number of alkyl halides is 1. The fourth-order valence-electron chi connectivity index (χ4n) is 1.93. The Kier molecular flexibility index (Phi) is 5.59. The summed E-state index contributed by atoms with van der Waals surface area (Å²) in [5, 5.41) is 34.1. The molecule has 0 fully saturated rings. The molecule has 0 bridgehead atoms. The molecule has 7 nitrogen and oxygen atoms in total. The molecule has 9 heteroatoms. The van der Waals surface area contributed by atoms with Crippen LogP contribution in [0.5, 0.6) is 5.75 Å². The molecule has 0 heterocycles. The number of nitrogens with one attached hydrogen (secondary N) is 1. The predicted molar refractivity (Wildman–Crippen MR) is 81.1 cm³/mol. The smallest absolute Gasteiger partial charge is 0.154 e.